The van der Waals surface area contributed by atoms with Crippen molar-refractivity contribution in [2.24, 2.45) is 0 Å². The van der Waals surface area contributed by atoms with E-state index in [4.69, 9.17) is 9.47 Å². The van der Waals surface area contributed by atoms with Crippen LogP contribution in [0.25, 0.3) is 0 Å². The van der Waals surface area contributed by atoms with Gasteiger partial charge < -0.3 is 19.7 Å². The Labute approximate surface area is 179 Å². The Bertz CT molecular complexity index is 910. The fourth-order valence-corrected chi connectivity index (χ4v) is 4.80. The molecule has 0 radical (unpaired) electrons. The number of carbonyl (C=O) groups is 2. The monoisotopic (exact) mass is 430 g/mol. The maximum Gasteiger partial charge on any atom is 0.321 e. The van der Waals surface area contributed by atoms with E-state index < -0.39 is 0 Å². The second-order valence-corrected chi connectivity index (χ2v) is 8.59. The van der Waals surface area contributed by atoms with E-state index in [-0.39, 0.29) is 24.6 Å². The highest BCUT2D eigenvalue weighted by molar-refractivity contribution is 7.15. The van der Waals surface area contributed by atoms with Crippen LogP contribution in [0.15, 0.2) is 24.3 Å². The fourth-order valence-electron chi connectivity index (χ4n) is 3.78. The van der Waals surface area contributed by atoms with Crippen molar-refractivity contribution in [3.8, 4) is 11.5 Å². The number of rotatable bonds is 6. The molecule has 1 saturated carbocycles. The van der Waals surface area contributed by atoms with Crippen LogP contribution in [-0.4, -0.2) is 48.1 Å². The number of anilines is 1. The number of hydrogen-bond donors (Lipinski definition) is 2. The summed E-state index contributed by atoms with van der Waals surface area (Å²) in [5, 5.41) is 6.43. The minimum Gasteiger partial charge on any atom is -0.497 e. The Morgan fingerprint density at radius 3 is 2.87 bits per heavy atom. The molecule has 0 saturated heterocycles. The van der Waals surface area contributed by atoms with Crippen molar-refractivity contribution < 1.29 is 19.1 Å². The molecule has 0 atom stereocenters. The van der Waals surface area contributed by atoms with Crippen LogP contribution < -0.4 is 20.1 Å². The topological polar surface area (TPSA) is 92.8 Å². The van der Waals surface area contributed by atoms with Crippen LogP contribution in [0.4, 0.5) is 9.93 Å². The number of fused-ring (bicyclic) bond motifs is 1. The van der Waals surface area contributed by atoms with Crippen LogP contribution in [0, 0.1) is 0 Å². The van der Waals surface area contributed by atoms with Gasteiger partial charge in [0.25, 0.3) is 5.91 Å². The zero-order valence-corrected chi connectivity index (χ0v) is 17.8. The number of carbonyl (C=O) groups excluding carboxylic acids is 2. The Balaban J connectivity index is 1.29. The number of nitrogens with one attached hydrogen (secondary N) is 2. The Kier molecular flexibility index (Phi) is 6.37. The van der Waals surface area contributed by atoms with Gasteiger partial charge in [-0.3, -0.25) is 10.1 Å². The van der Waals surface area contributed by atoms with E-state index in [1.807, 2.05) is 12.1 Å². The van der Waals surface area contributed by atoms with Crippen LogP contribution in [-0.2, 0) is 17.8 Å². The molecule has 30 heavy (non-hydrogen) atoms. The SMILES string of the molecule is COc1cccc(OCC(=O)N2CCc3nc(NC(=O)NC4CCCC4)sc3C2)c1. The highest BCUT2D eigenvalue weighted by Gasteiger charge is 2.25. The molecule has 0 bridgehead atoms. The van der Waals surface area contributed by atoms with Crippen molar-refractivity contribution in [3.05, 3.63) is 34.8 Å². The molecule has 1 aromatic carbocycles. The zero-order valence-electron chi connectivity index (χ0n) is 17.0. The predicted octanol–water partition coefficient (Wildman–Crippen LogP) is 3.18. The molecule has 0 unspecified atom stereocenters. The highest BCUT2D eigenvalue weighted by Crippen LogP contribution is 2.29. The zero-order chi connectivity index (χ0) is 20.9. The quantitative estimate of drug-likeness (QED) is 0.734. The van der Waals surface area contributed by atoms with E-state index in [0.717, 1.165) is 23.4 Å². The molecule has 1 aliphatic heterocycles. The maximum atomic E-state index is 12.6. The first-order chi connectivity index (χ1) is 14.6. The van der Waals surface area contributed by atoms with Gasteiger partial charge in [-0.2, -0.15) is 0 Å². The van der Waals surface area contributed by atoms with Gasteiger partial charge in [0.05, 0.1) is 19.3 Å². The number of thiazole rings is 1. The molecule has 2 aliphatic rings. The van der Waals surface area contributed by atoms with Crippen LogP contribution in [0.1, 0.15) is 36.3 Å². The molecule has 160 valence electrons. The van der Waals surface area contributed by atoms with Gasteiger partial charge in [-0.1, -0.05) is 30.2 Å². The van der Waals surface area contributed by atoms with Gasteiger partial charge >= 0.3 is 6.03 Å². The second kappa shape index (κ2) is 9.34. The molecule has 1 aliphatic carbocycles. The summed E-state index contributed by atoms with van der Waals surface area (Å²) in [5.74, 6) is 1.20. The number of amides is 3. The predicted molar refractivity (Wildman–Crippen MR) is 114 cm³/mol. The van der Waals surface area contributed by atoms with E-state index in [1.165, 1.54) is 24.2 Å². The summed E-state index contributed by atoms with van der Waals surface area (Å²) in [5.41, 5.74) is 0.953. The lowest BCUT2D eigenvalue weighted by molar-refractivity contribution is -0.134. The molecule has 3 amide bonds. The number of methoxy groups -OCH3 is 1. The number of aromatic nitrogens is 1. The number of nitrogens with zero attached hydrogens (tertiary/aromatic N) is 2. The molecule has 9 heteroatoms. The molecule has 1 fully saturated rings. The summed E-state index contributed by atoms with van der Waals surface area (Å²) in [6, 6.07) is 7.25. The molecular formula is C21H26N4O4S. The number of urea groups is 1. The summed E-state index contributed by atoms with van der Waals surface area (Å²) in [7, 11) is 1.59. The van der Waals surface area contributed by atoms with Crippen molar-refractivity contribution >= 4 is 28.4 Å². The van der Waals surface area contributed by atoms with E-state index in [1.54, 1.807) is 24.1 Å². The van der Waals surface area contributed by atoms with Gasteiger partial charge in [0, 0.05) is 30.0 Å². The maximum absolute atomic E-state index is 12.6. The first-order valence-electron chi connectivity index (χ1n) is 10.2. The smallest absolute Gasteiger partial charge is 0.321 e. The van der Waals surface area contributed by atoms with E-state index in [0.29, 0.717) is 36.1 Å². The lowest BCUT2D eigenvalue weighted by atomic mass is 10.2. The molecule has 2 N–H and O–H groups in total. The van der Waals surface area contributed by atoms with E-state index in [2.05, 4.69) is 15.6 Å². The van der Waals surface area contributed by atoms with Gasteiger partial charge in [0.1, 0.15) is 11.5 Å². The largest absolute Gasteiger partial charge is 0.497 e. The number of hydrogen-bond acceptors (Lipinski definition) is 6. The third-order valence-electron chi connectivity index (χ3n) is 5.40. The van der Waals surface area contributed by atoms with Crippen LogP contribution in [0.5, 0.6) is 11.5 Å². The molecule has 1 aromatic heterocycles. The third kappa shape index (κ3) is 5.02. The fraction of sp³-hybridized carbons (Fsp3) is 0.476. The van der Waals surface area contributed by atoms with Crippen molar-refractivity contribution in [2.75, 3.05) is 25.6 Å². The molecular weight excluding hydrogens is 404 g/mol. The molecule has 4 rings (SSSR count). The number of benzene rings is 1. The van der Waals surface area contributed by atoms with Gasteiger partial charge in [0.15, 0.2) is 11.7 Å². The number of ether oxygens (including phenoxy) is 2. The highest BCUT2D eigenvalue weighted by atomic mass is 32.1. The van der Waals surface area contributed by atoms with Crippen LogP contribution >= 0.6 is 11.3 Å². The average molecular weight is 431 g/mol. The van der Waals surface area contributed by atoms with Gasteiger partial charge in [-0.05, 0) is 25.0 Å². The standard InChI is InChI=1S/C21H26N4O4S/c1-28-15-7-4-8-16(11-15)29-13-19(26)25-10-9-17-18(12-25)30-21(23-17)24-20(27)22-14-5-2-3-6-14/h4,7-8,11,14H,2-3,5-6,9-10,12-13H2,1H3,(H2,22,23,24,27). The average Bonchev–Trinajstić information content (AvgIpc) is 3.40. The lowest BCUT2D eigenvalue weighted by Gasteiger charge is -2.26. The summed E-state index contributed by atoms with van der Waals surface area (Å²) < 4.78 is 10.8. The summed E-state index contributed by atoms with van der Waals surface area (Å²) >= 11 is 1.43. The summed E-state index contributed by atoms with van der Waals surface area (Å²) in [6.07, 6.45) is 5.08. The van der Waals surface area contributed by atoms with E-state index >= 15 is 0 Å². The minimum absolute atomic E-state index is 0.0315. The summed E-state index contributed by atoms with van der Waals surface area (Å²) in [4.78, 5) is 32.1. The first-order valence-corrected chi connectivity index (χ1v) is 11.0. The van der Waals surface area contributed by atoms with Crippen molar-refractivity contribution in [1.29, 1.82) is 0 Å². The van der Waals surface area contributed by atoms with Crippen LogP contribution in [0.2, 0.25) is 0 Å². The van der Waals surface area contributed by atoms with Gasteiger partial charge in [-0.15, -0.1) is 0 Å². The summed E-state index contributed by atoms with van der Waals surface area (Å²) in [6.45, 7) is 1.04. The molecule has 2 aromatic rings. The van der Waals surface area contributed by atoms with Crippen molar-refractivity contribution in [3.63, 3.8) is 0 Å². The third-order valence-corrected chi connectivity index (χ3v) is 6.40. The molecule has 2 heterocycles. The molecule has 0 spiro atoms. The lowest BCUT2D eigenvalue weighted by Crippen LogP contribution is -2.38. The Morgan fingerprint density at radius 2 is 2.07 bits per heavy atom. The van der Waals surface area contributed by atoms with Crippen LogP contribution in [0.3, 0.4) is 0 Å². The van der Waals surface area contributed by atoms with Gasteiger partial charge in [0.2, 0.25) is 0 Å². The minimum atomic E-state index is -0.201. The first kappa shape index (κ1) is 20.5. The van der Waals surface area contributed by atoms with Gasteiger partial charge in [-0.25, -0.2) is 9.78 Å². The second-order valence-electron chi connectivity index (χ2n) is 7.50. The normalized spacial score (nSPS) is 16.1. The van der Waals surface area contributed by atoms with E-state index in [9.17, 15) is 9.59 Å². The van der Waals surface area contributed by atoms with Crippen molar-refractivity contribution in [2.45, 2.75) is 44.7 Å². The molecule has 8 nitrogen and oxygen atoms in total. The Morgan fingerprint density at radius 1 is 1.27 bits per heavy atom. The van der Waals surface area contributed by atoms with Crippen molar-refractivity contribution in [1.82, 2.24) is 15.2 Å². The Hall–Kier alpha value is -2.81.